The monoisotopic (exact) mass is 392 g/mol. The molecule has 1 saturated heterocycles. The molecule has 1 heterocycles. The van der Waals surface area contributed by atoms with E-state index >= 15 is 0 Å². The summed E-state index contributed by atoms with van der Waals surface area (Å²) >= 11 is 0. The van der Waals surface area contributed by atoms with Gasteiger partial charge < -0.3 is 19.5 Å². The SMILES string of the molecule is CCOC(=O)C(COCc1ccccc1)N[C@@H](C)C(=O)N1CCC[C@H]1C(=O)O. The maximum Gasteiger partial charge on any atom is 0.326 e. The number of esters is 1. The van der Waals surface area contributed by atoms with Crippen molar-refractivity contribution in [2.24, 2.45) is 0 Å². The molecule has 8 nitrogen and oxygen atoms in total. The van der Waals surface area contributed by atoms with Gasteiger partial charge in [0, 0.05) is 6.54 Å². The molecule has 0 bridgehead atoms. The number of rotatable bonds is 10. The number of hydrogen-bond donors (Lipinski definition) is 2. The number of carbonyl (C=O) groups is 3. The molecule has 1 aliphatic heterocycles. The molecule has 1 amide bonds. The number of likely N-dealkylation sites (tertiary alicyclic amines) is 1. The number of carbonyl (C=O) groups excluding carboxylic acids is 2. The Bertz CT molecular complexity index is 666. The van der Waals surface area contributed by atoms with Crippen LogP contribution in [0.15, 0.2) is 30.3 Å². The summed E-state index contributed by atoms with van der Waals surface area (Å²) < 4.78 is 10.7. The van der Waals surface area contributed by atoms with Crippen molar-refractivity contribution in [1.29, 1.82) is 0 Å². The van der Waals surface area contributed by atoms with Gasteiger partial charge in [0.25, 0.3) is 0 Å². The molecule has 3 atom stereocenters. The van der Waals surface area contributed by atoms with Crippen molar-refractivity contribution in [1.82, 2.24) is 10.2 Å². The third kappa shape index (κ3) is 6.03. The van der Waals surface area contributed by atoms with Gasteiger partial charge in [-0.3, -0.25) is 14.9 Å². The fourth-order valence-corrected chi connectivity index (χ4v) is 3.20. The van der Waals surface area contributed by atoms with Gasteiger partial charge >= 0.3 is 11.9 Å². The zero-order chi connectivity index (χ0) is 20.5. The molecule has 154 valence electrons. The number of aliphatic carboxylic acids is 1. The quantitative estimate of drug-likeness (QED) is 0.576. The van der Waals surface area contributed by atoms with Crippen LogP contribution >= 0.6 is 0 Å². The first kappa shape index (κ1) is 21.8. The summed E-state index contributed by atoms with van der Waals surface area (Å²) in [7, 11) is 0. The molecule has 1 unspecified atom stereocenters. The average Bonchev–Trinajstić information content (AvgIpc) is 3.17. The fraction of sp³-hybridized carbons (Fsp3) is 0.550. The number of carboxylic acid groups (broad SMARTS) is 1. The lowest BCUT2D eigenvalue weighted by molar-refractivity contribution is -0.151. The van der Waals surface area contributed by atoms with Crippen molar-refractivity contribution in [3.8, 4) is 0 Å². The molecule has 0 aromatic heterocycles. The number of nitrogens with one attached hydrogen (secondary N) is 1. The van der Waals surface area contributed by atoms with Crippen LogP contribution in [0.25, 0.3) is 0 Å². The van der Waals surface area contributed by atoms with Gasteiger partial charge in [0.2, 0.25) is 5.91 Å². The third-order valence-corrected chi connectivity index (χ3v) is 4.61. The molecule has 0 spiro atoms. The second kappa shape index (κ2) is 10.8. The minimum absolute atomic E-state index is 0.0354. The van der Waals surface area contributed by atoms with E-state index in [2.05, 4.69) is 5.32 Å². The molecule has 0 saturated carbocycles. The number of benzene rings is 1. The van der Waals surface area contributed by atoms with E-state index in [0.717, 1.165) is 5.56 Å². The highest BCUT2D eigenvalue weighted by molar-refractivity contribution is 5.88. The molecule has 2 rings (SSSR count). The Morgan fingerprint density at radius 2 is 2.00 bits per heavy atom. The highest BCUT2D eigenvalue weighted by Gasteiger charge is 2.37. The molecule has 0 radical (unpaired) electrons. The van der Waals surface area contributed by atoms with Crippen LogP contribution in [0.2, 0.25) is 0 Å². The minimum atomic E-state index is -1.01. The van der Waals surface area contributed by atoms with Gasteiger partial charge in [0.15, 0.2) is 0 Å². The summed E-state index contributed by atoms with van der Waals surface area (Å²) in [4.78, 5) is 37.6. The van der Waals surface area contributed by atoms with E-state index in [4.69, 9.17) is 9.47 Å². The topological polar surface area (TPSA) is 105 Å². The molecular formula is C20H28N2O6. The molecule has 28 heavy (non-hydrogen) atoms. The van der Waals surface area contributed by atoms with E-state index in [1.807, 2.05) is 30.3 Å². The largest absolute Gasteiger partial charge is 0.480 e. The second-order valence-electron chi connectivity index (χ2n) is 6.72. The Balaban J connectivity index is 1.95. The lowest BCUT2D eigenvalue weighted by Gasteiger charge is -2.27. The fourth-order valence-electron chi connectivity index (χ4n) is 3.20. The molecule has 1 aromatic carbocycles. The van der Waals surface area contributed by atoms with E-state index in [0.29, 0.717) is 26.0 Å². The first-order chi connectivity index (χ1) is 13.4. The highest BCUT2D eigenvalue weighted by Crippen LogP contribution is 2.18. The lowest BCUT2D eigenvalue weighted by atomic mass is 10.2. The van der Waals surface area contributed by atoms with Crippen molar-refractivity contribution in [3.05, 3.63) is 35.9 Å². The van der Waals surface area contributed by atoms with E-state index < -0.39 is 30.1 Å². The van der Waals surface area contributed by atoms with Gasteiger partial charge in [0.05, 0.1) is 25.9 Å². The van der Waals surface area contributed by atoms with Crippen LogP contribution in [0.5, 0.6) is 0 Å². The van der Waals surface area contributed by atoms with Crippen LogP contribution in [0.4, 0.5) is 0 Å². The average molecular weight is 392 g/mol. The molecule has 8 heteroatoms. The number of ether oxygens (including phenoxy) is 2. The molecule has 0 aliphatic carbocycles. The van der Waals surface area contributed by atoms with Gasteiger partial charge in [-0.05, 0) is 32.3 Å². The van der Waals surface area contributed by atoms with Crippen molar-refractivity contribution in [3.63, 3.8) is 0 Å². The normalized spacial score (nSPS) is 18.5. The minimum Gasteiger partial charge on any atom is -0.480 e. The number of nitrogens with zero attached hydrogens (tertiary/aromatic N) is 1. The van der Waals surface area contributed by atoms with Gasteiger partial charge in [-0.2, -0.15) is 0 Å². The van der Waals surface area contributed by atoms with Crippen molar-refractivity contribution < 1.29 is 29.0 Å². The van der Waals surface area contributed by atoms with Crippen LogP contribution in [-0.2, 0) is 30.5 Å². The summed E-state index contributed by atoms with van der Waals surface area (Å²) in [6.07, 6.45) is 1.09. The van der Waals surface area contributed by atoms with Crippen LogP contribution in [0.3, 0.4) is 0 Å². The summed E-state index contributed by atoms with van der Waals surface area (Å²) in [5.41, 5.74) is 0.968. The van der Waals surface area contributed by atoms with Gasteiger partial charge in [-0.1, -0.05) is 30.3 Å². The second-order valence-corrected chi connectivity index (χ2v) is 6.72. The third-order valence-electron chi connectivity index (χ3n) is 4.61. The maximum atomic E-state index is 12.7. The molecule has 1 fully saturated rings. The van der Waals surface area contributed by atoms with Crippen molar-refractivity contribution in [2.45, 2.75) is 51.4 Å². The van der Waals surface area contributed by atoms with E-state index in [-0.39, 0.29) is 19.1 Å². The Morgan fingerprint density at radius 1 is 1.29 bits per heavy atom. The standard InChI is InChI=1S/C20H28N2O6/c1-3-28-20(26)16(13-27-12-15-8-5-4-6-9-15)21-14(2)18(23)22-11-7-10-17(22)19(24)25/h4-6,8-9,14,16-17,21H,3,7,10-13H2,1-2H3,(H,24,25)/t14-,16?,17-/m0/s1. The summed E-state index contributed by atoms with van der Waals surface area (Å²) in [6.45, 7) is 4.29. The number of hydrogen-bond acceptors (Lipinski definition) is 6. The van der Waals surface area contributed by atoms with Crippen LogP contribution in [0.1, 0.15) is 32.3 Å². The Kier molecular flexibility index (Phi) is 8.41. The smallest absolute Gasteiger partial charge is 0.326 e. The molecular weight excluding hydrogens is 364 g/mol. The predicted molar refractivity (Wildman–Crippen MR) is 101 cm³/mol. The summed E-state index contributed by atoms with van der Waals surface area (Å²) in [5.74, 6) is -1.86. The first-order valence-electron chi connectivity index (χ1n) is 9.51. The van der Waals surface area contributed by atoms with E-state index in [9.17, 15) is 19.5 Å². The number of carboxylic acids is 1. The lowest BCUT2D eigenvalue weighted by Crippen LogP contribution is -2.54. The maximum absolute atomic E-state index is 12.7. The Labute approximate surface area is 164 Å². The molecule has 2 N–H and O–H groups in total. The molecule has 1 aromatic rings. The Morgan fingerprint density at radius 3 is 2.64 bits per heavy atom. The zero-order valence-corrected chi connectivity index (χ0v) is 16.3. The van der Waals surface area contributed by atoms with Crippen LogP contribution in [-0.4, -0.2) is 65.7 Å². The van der Waals surface area contributed by atoms with Crippen molar-refractivity contribution in [2.75, 3.05) is 19.8 Å². The van der Waals surface area contributed by atoms with E-state index in [1.54, 1.807) is 13.8 Å². The van der Waals surface area contributed by atoms with Gasteiger partial charge in [-0.25, -0.2) is 4.79 Å². The highest BCUT2D eigenvalue weighted by atomic mass is 16.5. The first-order valence-corrected chi connectivity index (χ1v) is 9.51. The van der Waals surface area contributed by atoms with Crippen molar-refractivity contribution >= 4 is 17.8 Å². The number of amides is 1. The zero-order valence-electron chi connectivity index (χ0n) is 16.3. The molecule has 1 aliphatic rings. The van der Waals surface area contributed by atoms with Crippen LogP contribution in [0, 0.1) is 0 Å². The van der Waals surface area contributed by atoms with E-state index in [1.165, 1.54) is 4.90 Å². The van der Waals surface area contributed by atoms with Gasteiger partial charge in [0.1, 0.15) is 12.1 Å². The predicted octanol–water partition coefficient (Wildman–Crippen LogP) is 1.19. The van der Waals surface area contributed by atoms with Crippen LogP contribution < -0.4 is 5.32 Å². The Hall–Kier alpha value is -2.45. The summed E-state index contributed by atoms with van der Waals surface area (Å²) in [6, 6.07) is 7.15. The summed E-state index contributed by atoms with van der Waals surface area (Å²) in [5, 5.41) is 12.2. The van der Waals surface area contributed by atoms with Gasteiger partial charge in [-0.15, -0.1) is 0 Å².